The molecule has 0 aliphatic carbocycles. The minimum absolute atomic E-state index is 0.00669. The SMILES string of the molecule is CC[C@H](NC(=O)N1CCCC2C(=O)NCC21)C(=O)O. The van der Waals surface area contributed by atoms with Gasteiger partial charge in [0.25, 0.3) is 0 Å². The van der Waals surface area contributed by atoms with Gasteiger partial charge in [-0.05, 0) is 19.3 Å². The van der Waals surface area contributed by atoms with Gasteiger partial charge < -0.3 is 20.6 Å². The minimum Gasteiger partial charge on any atom is -0.480 e. The average Bonchev–Trinajstić information content (AvgIpc) is 2.77. The predicted molar refractivity (Wildman–Crippen MR) is 66.5 cm³/mol. The average molecular weight is 269 g/mol. The number of likely N-dealkylation sites (tertiary alicyclic amines) is 1. The molecule has 2 unspecified atom stereocenters. The van der Waals surface area contributed by atoms with Gasteiger partial charge in [0.05, 0.1) is 12.0 Å². The summed E-state index contributed by atoms with van der Waals surface area (Å²) in [5.74, 6) is -1.19. The van der Waals surface area contributed by atoms with Crippen molar-refractivity contribution in [2.24, 2.45) is 5.92 Å². The van der Waals surface area contributed by atoms with E-state index in [1.165, 1.54) is 0 Å². The fourth-order valence-electron chi connectivity index (χ4n) is 2.77. The highest BCUT2D eigenvalue weighted by Gasteiger charge is 2.43. The van der Waals surface area contributed by atoms with Gasteiger partial charge in [-0.25, -0.2) is 9.59 Å². The van der Waals surface area contributed by atoms with Crippen LogP contribution in [0.4, 0.5) is 4.79 Å². The van der Waals surface area contributed by atoms with Crippen molar-refractivity contribution in [2.45, 2.75) is 38.3 Å². The van der Waals surface area contributed by atoms with E-state index in [-0.39, 0.29) is 23.9 Å². The summed E-state index contributed by atoms with van der Waals surface area (Å²) < 4.78 is 0. The van der Waals surface area contributed by atoms with E-state index in [2.05, 4.69) is 10.6 Å². The minimum atomic E-state index is -1.04. The van der Waals surface area contributed by atoms with Gasteiger partial charge in [-0.3, -0.25) is 4.79 Å². The third-order valence-electron chi connectivity index (χ3n) is 3.87. The molecule has 2 aliphatic rings. The second kappa shape index (κ2) is 5.46. The molecule has 0 aromatic heterocycles. The summed E-state index contributed by atoms with van der Waals surface area (Å²) in [5.41, 5.74) is 0. The number of carboxylic acids is 1. The molecule has 2 heterocycles. The molecule has 0 aromatic rings. The molecule has 3 amide bonds. The highest BCUT2D eigenvalue weighted by Crippen LogP contribution is 2.27. The van der Waals surface area contributed by atoms with Crippen LogP contribution in [0, 0.1) is 5.92 Å². The molecule has 3 atom stereocenters. The number of rotatable bonds is 3. The van der Waals surface area contributed by atoms with Crippen LogP contribution in [-0.2, 0) is 9.59 Å². The Kier molecular flexibility index (Phi) is 3.92. The Balaban J connectivity index is 2.02. The van der Waals surface area contributed by atoms with Gasteiger partial charge in [-0.1, -0.05) is 6.92 Å². The molecule has 2 fully saturated rings. The molecule has 0 radical (unpaired) electrons. The zero-order chi connectivity index (χ0) is 14.0. The van der Waals surface area contributed by atoms with Crippen LogP contribution < -0.4 is 10.6 Å². The van der Waals surface area contributed by atoms with Crippen molar-refractivity contribution in [1.29, 1.82) is 0 Å². The molecule has 0 spiro atoms. The normalized spacial score (nSPS) is 27.4. The zero-order valence-corrected chi connectivity index (χ0v) is 10.9. The Morgan fingerprint density at radius 2 is 2.32 bits per heavy atom. The molecule has 2 aliphatic heterocycles. The number of nitrogens with zero attached hydrogens (tertiary/aromatic N) is 1. The first-order valence-electron chi connectivity index (χ1n) is 6.62. The molecular formula is C12H19N3O4. The number of carbonyl (C=O) groups excluding carboxylic acids is 2. The molecule has 2 saturated heterocycles. The van der Waals surface area contributed by atoms with Gasteiger partial charge in [-0.2, -0.15) is 0 Å². The van der Waals surface area contributed by atoms with E-state index < -0.39 is 12.0 Å². The number of nitrogens with one attached hydrogen (secondary N) is 2. The zero-order valence-electron chi connectivity index (χ0n) is 10.9. The van der Waals surface area contributed by atoms with Crippen LogP contribution >= 0.6 is 0 Å². The summed E-state index contributed by atoms with van der Waals surface area (Å²) in [6.45, 7) is 2.73. The number of amides is 3. The first kappa shape index (κ1) is 13.6. The predicted octanol–water partition coefficient (Wildman–Crippen LogP) is -0.230. The van der Waals surface area contributed by atoms with E-state index >= 15 is 0 Å². The van der Waals surface area contributed by atoms with Crippen LogP contribution in [-0.4, -0.2) is 53.1 Å². The molecule has 7 heteroatoms. The molecule has 19 heavy (non-hydrogen) atoms. The maximum atomic E-state index is 12.1. The lowest BCUT2D eigenvalue weighted by Crippen LogP contribution is -2.55. The van der Waals surface area contributed by atoms with E-state index in [9.17, 15) is 14.4 Å². The summed E-state index contributed by atoms with van der Waals surface area (Å²) in [7, 11) is 0. The molecule has 0 aromatic carbocycles. The number of hydrogen-bond donors (Lipinski definition) is 3. The van der Waals surface area contributed by atoms with Crippen molar-refractivity contribution in [1.82, 2.24) is 15.5 Å². The fourth-order valence-corrected chi connectivity index (χ4v) is 2.77. The van der Waals surface area contributed by atoms with E-state index in [4.69, 9.17) is 5.11 Å². The monoisotopic (exact) mass is 269 g/mol. The Bertz CT molecular complexity index is 398. The molecule has 3 N–H and O–H groups in total. The summed E-state index contributed by atoms with van der Waals surface area (Å²) in [6, 6.07) is -1.41. The summed E-state index contributed by atoms with van der Waals surface area (Å²) in [6.07, 6.45) is 1.89. The lowest BCUT2D eigenvalue weighted by molar-refractivity contribution is -0.139. The Labute approximate surface area is 111 Å². The van der Waals surface area contributed by atoms with Gasteiger partial charge in [0, 0.05) is 13.1 Å². The molecule has 0 saturated carbocycles. The van der Waals surface area contributed by atoms with E-state index in [0.717, 1.165) is 12.8 Å². The van der Waals surface area contributed by atoms with Crippen LogP contribution in [0.25, 0.3) is 0 Å². The van der Waals surface area contributed by atoms with Crippen LogP contribution in [0.3, 0.4) is 0 Å². The number of carboxylic acid groups (broad SMARTS) is 1. The van der Waals surface area contributed by atoms with Gasteiger partial charge in [0.15, 0.2) is 0 Å². The van der Waals surface area contributed by atoms with Crippen LogP contribution in [0.15, 0.2) is 0 Å². The van der Waals surface area contributed by atoms with Crippen molar-refractivity contribution in [3.05, 3.63) is 0 Å². The maximum Gasteiger partial charge on any atom is 0.326 e. The van der Waals surface area contributed by atoms with Crippen LogP contribution in [0.1, 0.15) is 26.2 Å². The van der Waals surface area contributed by atoms with Gasteiger partial charge in [0.2, 0.25) is 5.91 Å². The number of urea groups is 1. The highest BCUT2D eigenvalue weighted by molar-refractivity contribution is 5.86. The maximum absolute atomic E-state index is 12.1. The number of hydrogen-bond acceptors (Lipinski definition) is 3. The van der Waals surface area contributed by atoms with Crippen molar-refractivity contribution in [3.8, 4) is 0 Å². The van der Waals surface area contributed by atoms with E-state index in [1.54, 1.807) is 11.8 Å². The van der Waals surface area contributed by atoms with Crippen LogP contribution in [0.2, 0.25) is 0 Å². The first-order chi connectivity index (χ1) is 9.04. The van der Waals surface area contributed by atoms with Gasteiger partial charge >= 0.3 is 12.0 Å². The van der Waals surface area contributed by atoms with E-state index in [1.807, 2.05) is 0 Å². The standard InChI is InChI=1S/C12H19N3O4/c1-2-8(11(17)18)14-12(19)15-5-3-4-7-9(15)6-13-10(7)16/h7-9H,2-6H2,1H3,(H,13,16)(H,14,19)(H,17,18)/t7?,8-,9?/m0/s1. The van der Waals surface area contributed by atoms with Gasteiger partial charge in [0.1, 0.15) is 6.04 Å². The van der Waals surface area contributed by atoms with Crippen LogP contribution in [0.5, 0.6) is 0 Å². The third-order valence-corrected chi connectivity index (χ3v) is 3.87. The largest absolute Gasteiger partial charge is 0.480 e. The lowest BCUT2D eigenvalue weighted by Gasteiger charge is -2.36. The Morgan fingerprint density at radius 3 is 2.95 bits per heavy atom. The Morgan fingerprint density at radius 1 is 1.58 bits per heavy atom. The first-order valence-corrected chi connectivity index (χ1v) is 6.62. The number of aliphatic carboxylic acids is 1. The summed E-state index contributed by atoms with van der Waals surface area (Å²) in [4.78, 5) is 36.3. The quantitative estimate of drug-likeness (QED) is 0.659. The van der Waals surface area contributed by atoms with Gasteiger partial charge in [-0.15, -0.1) is 0 Å². The van der Waals surface area contributed by atoms with Crippen molar-refractivity contribution >= 4 is 17.9 Å². The van der Waals surface area contributed by atoms with Crippen molar-refractivity contribution < 1.29 is 19.5 Å². The number of fused-ring (bicyclic) bond motifs is 1. The summed E-state index contributed by atoms with van der Waals surface area (Å²) >= 11 is 0. The molecule has 106 valence electrons. The fraction of sp³-hybridized carbons (Fsp3) is 0.750. The molecule has 7 nitrogen and oxygen atoms in total. The lowest BCUT2D eigenvalue weighted by atomic mass is 9.92. The highest BCUT2D eigenvalue weighted by atomic mass is 16.4. The second-order valence-electron chi connectivity index (χ2n) is 5.00. The summed E-state index contributed by atoms with van der Waals surface area (Å²) in [5, 5.41) is 14.2. The second-order valence-corrected chi connectivity index (χ2v) is 5.00. The van der Waals surface area contributed by atoms with E-state index in [0.29, 0.717) is 19.5 Å². The smallest absolute Gasteiger partial charge is 0.326 e. The Hall–Kier alpha value is -1.79. The topological polar surface area (TPSA) is 98.7 Å². The molecule has 2 rings (SSSR count). The van der Waals surface area contributed by atoms with Crippen molar-refractivity contribution in [2.75, 3.05) is 13.1 Å². The van der Waals surface area contributed by atoms with Crippen molar-refractivity contribution in [3.63, 3.8) is 0 Å². The number of carbonyl (C=O) groups is 3. The third kappa shape index (κ3) is 2.64. The molecule has 0 bridgehead atoms. The molecular weight excluding hydrogens is 250 g/mol. The number of piperidine rings is 1.